The van der Waals surface area contributed by atoms with E-state index in [-0.39, 0.29) is 5.97 Å². The van der Waals surface area contributed by atoms with Crippen LogP contribution in [0.1, 0.15) is 61.8 Å². The quantitative estimate of drug-likeness (QED) is 0.621. The fourth-order valence-electron chi connectivity index (χ4n) is 4.59. The molecule has 5 rings (SSSR count). The van der Waals surface area contributed by atoms with Gasteiger partial charge in [0.05, 0.1) is 34.2 Å². The van der Waals surface area contributed by atoms with E-state index in [1.165, 1.54) is 6.42 Å². The third-order valence-corrected chi connectivity index (χ3v) is 6.61. The van der Waals surface area contributed by atoms with Crippen molar-refractivity contribution in [3.05, 3.63) is 41.3 Å². The third-order valence-electron chi connectivity index (χ3n) is 6.61. The second-order valence-electron chi connectivity index (χ2n) is 9.61. The van der Waals surface area contributed by atoms with E-state index in [1.54, 1.807) is 12.1 Å². The van der Waals surface area contributed by atoms with Crippen LogP contribution in [0.15, 0.2) is 24.4 Å². The molecule has 4 heterocycles. The highest BCUT2D eigenvalue weighted by Crippen LogP contribution is 2.42. The summed E-state index contributed by atoms with van der Waals surface area (Å²) in [5.41, 5.74) is 8.82. The van der Waals surface area contributed by atoms with Gasteiger partial charge in [0.1, 0.15) is 17.2 Å². The van der Waals surface area contributed by atoms with Crippen LogP contribution in [0.2, 0.25) is 0 Å². The van der Waals surface area contributed by atoms with Crippen molar-refractivity contribution in [2.75, 3.05) is 5.32 Å². The summed E-state index contributed by atoms with van der Waals surface area (Å²) >= 11 is 0. The Balaban J connectivity index is 1.49. The van der Waals surface area contributed by atoms with Crippen LogP contribution >= 0.6 is 0 Å². The molecule has 1 saturated carbocycles. The number of nitrogens with zero attached hydrogens (tertiary/aromatic N) is 4. The lowest BCUT2D eigenvalue weighted by molar-refractivity contribution is -0.00714. The SMILES string of the molecule is Cn1nc([C@@](C)(N)C2CCC2)c2cc(Nc3ccc4c(n3)CC(C)(C)OC4=O)ncc21. The predicted molar refractivity (Wildman–Crippen MR) is 118 cm³/mol. The second-order valence-corrected chi connectivity index (χ2v) is 9.61. The number of carbonyl (C=O) groups excluding carboxylic acids is 1. The normalized spacial score (nSPS) is 20.0. The Bertz CT molecular complexity index is 1190. The molecule has 1 aliphatic carbocycles. The molecule has 3 aromatic rings. The minimum absolute atomic E-state index is 0.330. The lowest BCUT2D eigenvalue weighted by Crippen LogP contribution is -2.45. The van der Waals surface area contributed by atoms with Crippen LogP contribution in [-0.2, 0) is 23.7 Å². The molecule has 3 N–H and O–H groups in total. The summed E-state index contributed by atoms with van der Waals surface area (Å²) in [6, 6.07) is 5.51. The van der Waals surface area contributed by atoms with Crippen LogP contribution in [-0.4, -0.2) is 31.3 Å². The van der Waals surface area contributed by atoms with E-state index in [2.05, 4.69) is 22.2 Å². The Morgan fingerprint density at radius 3 is 2.77 bits per heavy atom. The molecule has 1 aliphatic heterocycles. The molecule has 0 unspecified atom stereocenters. The number of ether oxygens (including phenoxy) is 1. The summed E-state index contributed by atoms with van der Waals surface area (Å²) in [6.07, 6.45) is 5.88. The van der Waals surface area contributed by atoms with E-state index < -0.39 is 11.1 Å². The molecule has 0 spiro atoms. The molecule has 31 heavy (non-hydrogen) atoms. The Labute approximate surface area is 181 Å². The van der Waals surface area contributed by atoms with Crippen molar-refractivity contribution in [2.45, 2.75) is 57.6 Å². The van der Waals surface area contributed by atoms with Gasteiger partial charge in [0.15, 0.2) is 0 Å². The number of rotatable bonds is 4. The number of esters is 1. The molecule has 0 amide bonds. The van der Waals surface area contributed by atoms with Crippen molar-refractivity contribution in [1.82, 2.24) is 19.7 Å². The van der Waals surface area contributed by atoms with Crippen molar-refractivity contribution in [1.29, 1.82) is 0 Å². The van der Waals surface area contributed by atoms with E-state index >= 15 is 0 Å². The maximum atomic E-state index is 12.2. The Kier molecular flexibility index (Phi) is 4.34. The highest BCUT2D eigenvalue weighted by Gasteiger charge is 2.39. The Morgan fingerprint density at radius 2 is 2.06 bits per heavy atom. The van der Waals surface area contributed by atoms with Crippen LogP contribution in [0.4, 0.5) is 11.6 Å². The number of carbonyl (C=O) groups is 1. The first kappa shape index (κ1) is 19.9. The number of aromatic nitrogens is 4. The third kappa shape index (κ3) is 3.35. The average molecular weight is 421 g/mol. The van der Waals surface area contributed by atoms with Gasteiger partial charge in [-0.3, -0.25) is 4.68 Å². The molecule has 0 aromatic carbocycles. The number of fused-ring (bicyclic) bond motifs is 2. The fraction of sp³-hybridized carbons (Fsp3) is 0.478. The first-order valence-electron chi connectivity index (χ1n) is 10.8. The molecule has 1 atom stereocenters. The number of cyclic esters (lactones) is 1. The molecule has 3 aromatic heterocycles. The Morgan fingerprint density at radius 1 is 1.29 bits per heavy atom. The zero-order valence-electron chi connectivity index (χ0n) is 18.4. The first-order chi connectivity index (χ1) is 14.6. The summed E-state index contributed by atoms with van der Waals surface area (Å²) < 4.78 is 7.30. The molecule has 8 heteroatoms. The van der Waals surface area contributed by atoms with Gasteiger partial charge in [0.25, 0.3) is 0 Å². The predicted octanol–water partition coefficient (Wildman–Crippen LogP) is 3.57. The minimum Gasteiger partial charge on any atom is -0.456 e. The monoisotopic (exact) mass is 420 g/mol. The van der Waals surface area contributed by atoms with Gasteiger partial charge in [-0.05, 0) is 57.7 Å². The van der Waals surface area contributed by atoms with Crippen molar-refractivity contribution >= 4 is 28.5 Å². The van der Waals surface area contributed by atoms with E-state index in [0.717, 1.165) is 35.1 Å². The summed E-state index contributed by atoms with van der Waals surface area (Å²) in [7, 11) is 1.92. The van der Waals surface area contributed by atoms with Gasteiger partial charge in [0, 0.05) is 18.9 Å². The lowest BCUT2D eigenvalue weighted by atomic mass is 9.70. The van der Waals surface area contributed by atoms with E-state index in [9.17, 15) is 4.79 Å². The number of pyridine rings is 2. The number of hydrogen-bond donors (Lipinski definition) is 2. The molecule has 0 bridgehead atoms. The maximum Gasteiger partial charge on any atom is 0.340 e. The molecular weight excluding hydrogens is 392 g/mol. The van der Waals surface area contributed by atoms with Crippen LogP contribution in [0, 0.1) is 5.92 Å². The van der Waals surface area contributed by atoms with E-state index in [4.69, 9.17) is 15.6 Å². The maximum absolute atomic E-state index is 12.2. The lowest BCUT2D eigenvalue weighted by Gasteiger charge is -2.39. The number of nitrogens with one attached hydrogen (secondary N) is 1. The Hall–Kier alpha value is -3.00. The van der Waals surface area contributed by atoms with Gasteiger partial charge in [-0.2, -0.15) is 5.10 Å². The van der Waals surface area contributed by atoms with Gasteiger partial charge in [0.2, 0.25) is 0 Å². The van der Waals surface area contributed by atoms with Gasteiger partial charge in [-0.25, -0.2) is 14.8 Å². The zero-order chi connectivity index (χ0) is 22.0. The average Bonchev–Trinajstić information content (AvgIpc) is 2.95. The van der Waals surface area contributed by atoms with Crippen molar-refractivity contribution in [2.24, 2.45) is 18.7 Å². The van der Waals surface area contributed by atoms with Crippen LogP contribution in [0.3, 0.4) is 0 Å². The molecule has 0 saturated heterocycles. The molecule has 2 aliphatic rings. The first-order valence-corrected chi connectivity index (χ1v) is 10.8. The van der Waals surface area contributed by atoms with Crippen molar-refractivity contribution in [3.63, 3.8) is 0 Å². The zero-order valence-corrected chi connectivity index (χ0v) is 18.4. The standard InChI is InChI=1S/C23H28N6O2/c1-22(2)11-16-14(21(30)31-22)8-9-18(26-16)27-19-10-15-17(12-25-19)29(4)28-20(15)23(3,24)13-6-5-7-13/h8-10,12-13H,5-7,11,24H2,1-4H3,(H,25,26,27)/t23-/m0/s1. The number of aryl methyl sites for hydroxylation is 1. The molecular formula is C23H28N6O2. The summed E-state index contributed by atoms with van der Waals surface area (Å²) in [4.78, 5) is 21.4. The van der Waals surface area contributed by atoms with E-state index in [0.29, 0.717) is 29.5 Å². The summed E-state index contributed by atoms with van der Waals surface area (Å²) in [5, 5.41) is 9.03. The van der Waals surface area contributed by atoms with Gasteiger partial charge in [-0.15, -0.1) is 0 Å². The number of anilines is 2. The second kappa shape index (κ2) is 6.75. The molecule has 8 nitrogen and oxygen atoms in total. The highest BCUT2D eigenvalue weighted by molar-refractivity contribution is 5.92. The van der Waals surface area contributed by atoms with Gasteiger partial charge in [-0.1, -0.05) is 6.42 Å². The minimum atomic E-state index is -0.565. The largest absolute Gasteiger partial charge is 0.456 e. The smallest absolute Gasteiger partial charge is 0.340 e. The molecule has 162 valence electrons. The van der Waals surface area contributed by atoms with Crippen LogP contribution < -0.4 is 11.1 Å². The summed E-state index contributed by atoms with van der Waals surface area (Å²) in [6.45, 7) is 5.86. The number of nitrogens with two attached hydrogens (primary N) is 1. The van der Waals surface area contributed by atoms with Crippen LogP contribution in [0.25, 0.3) is 10.9 Å². The fourth-order valence-corrected chi connectivity index (χ4v) is 4.59. The van der Waals surface area contributed by atoms with Crippen LogP contribution in [0.5, 0.6) is 0 Å². The van der Waals surface area contributed by atoms with Crippen molar-refractivity contribution < 1.29 is 9.53 Å². The van der Waals surface area contributed by atoms with Crippen molar-refractivity contribution in [3.8, 4) is 0 Å². The van der Waals surface area contributed by atoms with Gasteiger partial charge >= 0.3 is 5.97 Å². The van der Waals surface area contributed by atoms with E-state index in [1.807, 2.05) is 37.8 Å². The molecule has 0 radical (unpaired) electrons. The number of hydrogen-bond acceptors (Lipinski definition) is 7. The molecule has 1 fully saturated rings. The topological polar surface area (TPSA) is 108 Å². The highest BCUT2D eigenvalue weighted by atomic mass is 16.6. The van der Waals surface area contributed by atoms with Gasteiger partial charge < -0.3 is 15.8 Å². The summed E-state index contributed by atoms with van der Waals surface area (Å²) in [5.74, 6) is 1.41.